The lowest BCUT2D eigenvalue weighted by Gasteiger charge is -2.25. The summed E-state index contributed by atoms with van der Waals surface area (Å²) >= 11 is 1.16. The third kappa shape index (κ3) is 6.02. The van der Waals surface area contributed by atoms with Crippen molar-refractivity contribution in [3.63, 3.8) is 0 Å². The molecule has 0 radical (unpaired) electrons. The second kappa shape index (κ2) is 12.1. The average Bonchev–Trinajstić information content (AvgIpc) is 3.27. The van der Waals surface area contributed by atoms with Crippen molar-refractivity contribution in [2.75, 3.05) is 18.5 Å². The zero-order valence-corrected chi connectivity index (χ0v) is 23.1. The number of hydrogen-bond acceptors (Lipinski definition) is 7. The van der Waals surface area contributed by atoms with E-state index in [1.165, 1.54) is 16.7 Å². The highest BCUT2D eigenvalue weighted by molar-refractivity contribution is 7.07. The molecule has 5 rings (SSSR count). The monoisotopic (exact) mass is 571 g/mol. The number of anilines is 1. The number of aromatic nitrogens is 1. The topological polar surface area (TPSA) is 99.0 Å². The number of nitrogens with one attached hydrogen (secondary N) is 1. The average molecular weight is 572 g/mol. The summed E-state index contributed by atoms with van der Waals surface area (Å²) in [6.07, 6.45) is 1.66. The molecule has 1 aromatic heterocycles. The molecule has 8 nitrogen and oxygen atoms in total. The SMILES string of the molecule is CCOC(=O)COc1ccccc1C=c1sc2n(c1=O)[C@@H](c1ccc(F)cc1)C(C(=O)Nc1ccccc1)=C(C)N=2. The van der Waals surface area contributed by atoms with Crippen LogP contribution in [-0.2, 0) is 14.3 Å². The van der Waals surface area contributed by atoms with Crippen molar-refractivity contribution in [3.05, 3.63) is 127 Å². The van der Waals surface area contributed by atoms with E-state index < -0.39 is 23.7 Å². The molecule has 1 N–H and O–H groups in total. The Bertz CT molecular complexity index is 1810. The van der Waals surface area contributed by atoms with Gasteiger partial charge >= 0.3 is 5.97 Å². The number of allylic oxidation sites excluding steroid dienone is 1. The minimum Gasteiger partial charge on any atom is -0.481 e. The molecule has 0 aliphatic carbocycles. The van der Waals surface area contributed by atoms with Crippen LogP contribution in [-0.4, -0.2) is 29.7 Å². The molecule has 0 unspecified atom stereocenters. The lowest BCUT2D eigenvalue weighted by molar-refractivity contribution is -0.145. The van der Waals surface area contributed by atoms with E-state index in [-0.39, 0.29) is 24.3 Å². The number of esters is 1. The molecule has 3 aromatic carbocycles. The summed E-state index contributed by atoms with van der Waals surface area (Å²) in [5.41, 5.74) is 2.08. The van der Waals surface area contributed by atoms with E-state index in [9.17, 15) is 18.8 Å². The van der Waals surface area contributed by atoms with Gasteiger partial charge in [0, 0.05) is 11.3 Å². The highest BCUT2D eigenvalue weighted by Gasteiger charge is 2.32. The predicted octanol–water partition coefficient (Wildman–Crippen LogP) is 3.95. The molecular weight excluding hydrogens is 545 g/mol. The van der Waals surface area contributed by atoms with Crippen molar-refractivity contribution in [2.24, 2.45) is 4.99 Å². The molecule has 2 heterocycles. The molecule has 208 valence electrons. The Hall–Kier alpha value is -4.83. The Morgan fingerprint density at radius 2 is 1.76 bits per heavy atom. The number of rotatable bonds is 8. The van der Waals surface area contributed by atoms with Crippen LogP contribution in [0.25, 0.3) is 6.08 Å². The van der Waals surface area contributed by atoms with Gasteiger partial charge in [-0.15, -0.1) is 0 Å². The third-order valence-electron chi connectivity index (χ3n) is 6.34. The first kappa shape index (κ1) is 27.7. The number of nitrogens with zero attached hydrogens (tertiary/aromatic N) is 2. The van der Waals surface area contributed by atoms with E-state index in [1.54, 1.807) is 80.6 Å². The van der Waals surface area contributed by atoms with Gasteiger partial charge in [0.05, 0.1) is 28.5 Å². The number of carbonyl (C=O) groups excluding carboxylic acids is 2. The molecule has 1 amide bonds. The fourth-order valence-corrected chi connectivity index (χ4v) is 5.54. The van der Waals surface area contributed by atoms with Crippen LogP contribution in [0.4, 0.5) is 10.1 Å². The summed E-state index contributed by atoms with van der Waals surface area (Å²) in [5, 5.41) is 2.88. The minimum absolute atomic E-state index is 0.241. The van der Waals surface area contributed by atoms with Crippen LogP contribution < -0.4 is 24.9 Å². The fraction of sp³-hybridized carbons (Fsp3) is 0.161. The second-order valence-corrected chi connectivity index (χ2v) is 10.1. The molecular formula is C31H26FN3O5S. The van der Waals surface area contributed by atoms with Gasteiger partial charge in [0.15, 0.2) is 11.4 Å². The number of halogens is 1. The largest absolute Gasteiger partial charge is 0.481 e. The van der Waals surface area contributed by atoms with Crippen LogP contribution in [0.2, 0.25) is 0 Å². The number of carbonyl (C=O) groups is 2. The molecule has 4 aromatic rings. The van der Waals surface area contributed by atoms with Gasteiger partial charge in [-0.1, -0.05) is 59.9 Å². The van der Waals surface area contributed by atoms with Crippen molar-refractivity contribution < 1.29 is 23.5 Å². The maximum Gasteiger partial charge on any atom is 0.344 e. The van der Waals surface area contributed by atoms with Crippen molar-refractivity contribution in [1.29, 1.82) is 0 Å². The molecule has 0 spiro atoms. The van der Waals surface area contributed by atoms with E-state index in [1.807, 2.05) is 6.07 Å². The summed E-state index contributed by atoms with van der Waals surface area (Å²) in [6.45, 7) is 3.39. The number of benzene rings is 3. The van der Waals surface area contributed by atoms with E-state index >= 15 is 0 Å². The maximum atomic E-state index is 13.9. The molecule has 0 fully saturated rings. The number of hydrogen-bond donors (Lipinski definition) is 1. The van der Waals surface area contributed by atoms with Gasteiger partial charge in [0.25, 0.3) is 11.5 Å². The van der Waals surface area contributed by atoms with Crippen LogP contribution in [0.1, 0.15) is 31.0 Å². The van der Waals surface area contributed by atoms with Gasteiger partial charge in [0.1, 0.15) is 11.6 Å². The molecule has 0 bridgehead atoms. The number of para-hydroxylation sites is 2. The summed E-state index contributed by atoms with van der Waals surface area (Å²) in [6, 6.07) is 20.8. The van der Waals surface area contributed by atoms with Gasteiger partial charge in [-0.25, -0.2) is 14.2 Å². The Balaban J connectivity index is 1.60. The maximum absolute atomic E-state index is 13.9. The normalized spacial score (nSPS) is 14.7. The van der Waals surface area contributed by atoms with E-state index in [4.69, 9.17) is 9.47 Å². The van der Waals surface area contributed by atoms with Crippen LogP contribution in [0, 0.1) is 5.82 Å². The lowest BCUT2D eigenvalue weighted by atomic mass is 9.95. The van der Waals surface area contributed by atoms with Crippen LogP contribution in [0.15, 0.2) is 99.9 Å². The molecule has 1 aliphatic rings. The minimum atomic E-state index is -0.840. The van der Waals surface area contributed by atoms with Gasteiger partial charge in [-0.2, -0.15) is 0 Å². The summed E-state index contributed by atoms with van der Waals surface area (Å²) < 4.78 is 26.3. The fourth-order valence-electron chi connectivity index (χ4n) is 4.50. The number of fused-ring (bicyclic) bond motifs is 1. The second-order valence-electron chi connectivity index (χ2n) is 9.09. The molecule has 0 saturated carbocycles. The quantitative estimate of drug-likeness (QED) is 0.323. The summed E-state index contributed by atoms with van der Waals surface area (Å²) in [7, 11) is 0. The van der Waals surface area contributed by atoms with Crippen LogP contribution in [0.5, 0.6) is 5.75 Å². The van der Waals surface area contributed by atoms with Crippen molar-refractivity contribution in [1.82, 2.24) is 4.57 Å². The van der Waals surface area contributed by atoms with Gasteiger partial charge in [-0.05, 0) is 55.8 Å². The Labute approximate surface area is 238 Å². The van der Waals surface area contributed by atoms with Gasteiger partial charge < -0.3 is 14.8 Å². The molecule has 1 atom stereocenters. The van der Waals surface area contributed by atoms with Crippen molar-refractivity contribution >= 4 is 35.0 Å². The molecule has 1 aliphatic heterocycles. The molecule has 41 heavy (non-hydrogen) atoms. The van der Waals surface area contributed by atoms with Crippen molar-refractivity contribution in [3.8, 4) is 5.75 Å². The highest BCUT2D eigenvalue weighted by atomic mass is 32.1. The number of thiazole rings is 1. The predicted molar refractivity (Wildman–Crippen MR) is 154 cm³/mol. The Morgan fingerprint density at radius 1 is 1.05 bits per heavy atom. The first-order chi connectivity index (χ1) is 19.9. The standard InChI is InChI=1S/C31H26FN3O5S/c1-3-39-26(36)18-40-24-12-8-7-9-21(24)17-25-30(38)35-28(20-13-15-22(32)16-14-20)27(19(2)33-31(35)41-25)29(37)34-23-10-5-4-6-11-23/h4-17,28H,3,18H2,1-2H3,(H,34,37)/t28-/m0/s1. The number of amides is 1. The van der Waals surface area contributed by atoms with Crippen LogP contribution in [0.3, 0.4) is 0 Å². The van der Waals surface area contributed by atoms with Crippen molar-refractivity contribution in [2.45, 2.75) is 19.9 Å². The zero-order valence-electron chi connectivity index (χ0n) is 22.3. The van der Waals surface area contributed by atoms with E-state index in [0.29, 0.717) is 37.6 Å². The Morgan fingerprint density at radius 3 is 2.49 bits per heavy atom. The lowest BCUT2D eigenvalue weighted by Crippen LogP contribution is -2.40. The first-order valence-electron chi connectivity index (χ1n) is 12.9. The van der Waals surface area contributed by atoms with Gasteiger partial charge in [0.2, 0.25) is 0 Å². The van der Waals surface area contributed by atoms with E-state index in [0.717, 1.165) is 11.3 Å². The van der Waals surface area contributed by atoms with Gasteiger partial charge in [-0.3, -0.25) is 14.2 Å². The summed E-state index contributed by atoms with van der Waals surface area (Å²) in [4.78, 5) is 44.3. The zero-order chi connectivity index (χ0) is 28.9. The smallest absolute Gasteiger partial charge is 0.344 e. The summed E-state index contributed by atoms with van der Waals surface area (Å²) in [5.74, 6) is -0.950. The third-order valence-corrected chi connectivity index (χ3v) is 7.32. The molecule has 0 saturated heterocycles. The van der Waals surface area contributed by atoms with Crippen LogP contribution >= 0.6 is 11.3 Å². The Kier molecular flexibility index (Phi) is 8.21. The molecule has 10 heteroatoms. The first-order valence-corrected chi connectivity index (χ1v) is 13.7. The highest BCUT2D eigenvalue weighted by Crippen LogP contribution is 2.31. The number of ether oxygens (including phenoxy) is 2. The van der Waals surface area contributed by atoms with E-state index in [2.05, 4.69) is 10.3 Å².